The Bertz CT molecular complexity index is 382. The van der Waals surface area contributed by atoms with Gasteiger partial charge in [0.1, 0.15) is 6.07 Å². The summed E-state index contributed by atoms with van der Waals surface area (Å²) in [4.78, 5) is 0. The molecule has 92 valence electrons. The minimum Gasteiger partial charge on any atom is -0.384 e. The first-order valence-electron chi connectivity index (χ1n) is 6.10. The number of nitrogens with one attached hydrogen (secondary N) is 1. The summed E-state index contributed by atoms with van der Waals surface area (Å²) in [5.41, 5.74) is 2.73. The summed E-state index contributed by atoms with van der Waals surface area (Å²) in [6, 6.07) is 8.07. The van der Waals surface area contributed by atoms with Crippen molar-refractivity contribution in [1.82, 2.24) is 0 Å². The zero-order valence-corrected chi connectivity index (χ0v) is 10.6. The minimum absolute atomic E-state index is 0.708. The van der Waals surface area contributed by atoms with Crippen LogP contribution >= 0.6 is 0 Å². The van der Waals surface area contributed by atoms with Crippen LogP contribution in [0.1, 0.15) is 30.9 Å². The average Bonchev–Trinajstić information content (AvgIpc) is 2.35. The monoisotopic (exact) mass is 232 g/mol. The summed E-state index contributed by atoms with van der Waals surface area (Å²) in [6.07, 6.45) is 2.02. The first-order chi connectivity index (χ1) is 8.27. The van der Waals surface area contributed by atoms with E-state index < -0.39 is 0 Å². The molecule has 0 aliphatic carbocycles. The molecule has 1 rings (SSSR count). The van der Waals surface area contributed by atoms with Crippen molar-refractivity contribution in [3.8, 4) is 6.07 Å². The Kier molecular flexibility index (Phi) is 6.13. The van der Waals surface area contributed by atoms with Crippen LogP contribution in [0, 0.1) is 18.3 Å². The lowest BCUT2D eigenvalue weighted by Crippen LogP contribution is -2.07. The summed E-state index contributed by atoms with van der Waals surface area (Å²) < 4.78 is 5.39. The van der Waals surface area contributed by atoms with Crippen LogP contribution in [0.2, 0.25) is 0 Å². The number of hydrogen-bond acceptors (Lipinski definition) is 3. The minimum atomic E-state index is 0.708. The predicted octanol–water partition coefficient (Wildman–Crippen LogP) is 3.10. The third-order valence-corrected chi connectivity index (χ3v) is 2.42. The van der Waals surface area contributed by atoms with Crippen molar-refractivity contribution in [3.63, 3.8) is 0 Å². The number of nitriles is 1. The molecular formula is C14H20N2O. The van der Waals surface area contributed by atoms with Gasteiger partial charge in [0.2, 0.25) is 0 Å². The van der Waals surface area contributed by atoms with E-state index in [-0.39, 0.29) is 0 Å². The van der Waals surface area contributed by atoms with Gasteiger partial charge < -0.3 is 10.1 Å². The molecule has 0 aliphatic heterocycles. The quantitative estimate of drug-likeness (QED) is 0.735. The van der Waals surface area contributed by atoms with Crippen LogP contribution < -0.4 is 5.32 Å². The van der Waals surface area contributed by atoms with Gasteiger partial charge in [-0.2, -0.15) is 5.26 Å². The van der Waals surface area contributed by atoms with Crippen molar-refractivity contribution in [2.45, 2.75) is 26.7 Å². The molecule has 0 spiro atoms. The molecule has 0 unspecified atom stereocenters. The van der Waals surface area contributed by atoms with Gasteiger partial charge in [-0.05, 0) is 37.5 Å². The Balaban J connectivity index is 2.34. The van der Waals surface area contributed by atoms with Gasteiger partial charge in [-0.25, -0.2) is 0 Å². The number of ether oxygens (including phenoxy) is 1. The Morgan fingerprint density at radius 2 is 2.18 bits per heavy atom. The second-order valence-corrected chi connectivity index (χ2v) is 4.05. The Morgan fingerprint density at radius 3 is 2.88 bits per heavy atom. The van der Waals surface area contributed by atoms with E-state index in [4.69, 9.17) is 10.00 Å². The molecule has 0 aliphatic rings. The van der Waals surface area contributed by atoms with Gasteiger partial charge in [0.25, 0.3) is 0 Å². The maximum Gasteiger partial charge on any atom is 0.101 e. The number of hydrogen-bond donors (Lipinski definition) is 1. The van der Waals surface area contributed by atoms with Crippen LogP contribution in [0.15, 0.2) is 18.2 Å². The van der Waals surface area contributed by atoms with Crippen molar-refractivity contribution < 1.29 is 4.74 Å². The van der Waals surface area contributed by atoms with E-state index in [1.54, 1.807) is 0 Å². The molecule has 0 heterocycles. The second kappa shape index (κ2) is 7.70. The second-order valence-electron chi connectivity index (χ2n) is 4.05. The maximum absolute atomic E-state index is 9.00. The number of anilines is 1. The molecule has 0 amide bonds. The maximum atomic E-state index is 9.00. The van der Waals surface area contributed by atoms with Gasteiger partial charge >= 0.3 is 0 Å². The largest absolute Gasteiger partial charge is 0.384 e. The Morgan fingerprint density at radius 1 is 1.35 bits per heavy atom. The Labute approximate surface area is 103 Å². The van der Waals surface area contributed by atoms with E-state index in [1.807, 2.05) is 25.1 Å². The molecule has 0 fully saturated rings. The van der Waals surface area contributed by atoms with E-state index in [1.165, 1.54) is 0 Å². The van der Waals surface area contributed by atoms with Gasteiger partial charge in [-0.3, -0.25) is 0 Å². The van der Waals surface area contributed by atoms with Crippen LogP contribution in [0.4, 0.5) is 5.69 Å². The standard InChI is InChI=1S/C14H20N2O/c1-3-8-17-9-4-7-16-14-6-5-12(2)10-13(14)11-15/h5-6,10,16H,3-4,7-9H2,1-2H3. The summed E-state index contributed by atoms with van der Waals surface area (Å²) in [5.74, 6) is 0. The molecule has 1 N–H and O–H groups in total. The first-order valence-corrected chi connectivity index (χ1v) is 6.10. The van der Waals surface area contributed by atoms with Gasteiger partial charge in [0, 0.05) is 19.8 Å². The highest BCUT2D eigenvalue weighted by atomic mass is 16.5. The lowest BCUT2D eigenvalue weighted by atomic mass is 10.1. The summed E-state index contributed by atoms with van der Waals surface area (Å²) >= 11 is 0. The van der Waals surface area contributed by atoms with E-state index in [9.17, 15) is 0 Å². The molecule has 17 heavy (non-hydrogen) atoms. The van der Waals surface area contributed by atoms with Gasteiger partial charge in [-0.1, -0.05) is 13.0 Å². The van der Waals surface area contributed by atoms with Crippen molar-refractivity contribution in [1.29, 1.82) is 5.26 Å². The first kappa shape index (κ1) is 13.5. The van der Waals surface area contributed by atoms with E-state index in [2.05, 4.69) is 18.3 Å². The average molecular weight is 232 g/mol. The molecule has 0 saturated carbocycles. The van der Waals surface area contributed by atoms with E-state index in [0.29, 0.717) is 5.56 Å². The third kappa shape index (κ3) is 4.88. The topological polar surface area (TPSA) is 45.0 Å². The highest BCUT2D eigenvalue weighted by Gasteiger charge is 2.00. The fraction of sp³-hybridized carbons (Fsp3) is 0.500. The fourth-order valence-electron chi connectivity index (χ4n) is 1.55. The van der Waals surface area contributed by atoms with Gasteiger partial charge in [0.05, 0.1) is 11.3 Å². The number of aryl methyl sites for hydroxylation is 1. The highest BCUT2D eigenvalue weighted by Crippen LogP contribution is 2.15. The fourth-order valence-corrected chi connectivity index (χ4v) is 1.55. The molecule has 1 aromatic carbocycles. The van der Waals surface area contributed by atoms with Crippen molar-refractivity contribution in [2.75, 3.05) is 25.1 Å². The SMILES string of the molecule is CCCOCCCNc1ccc(C)cc1C#N. The van der Waals surface area contributed by atoms with Crippen LogP contribution in [0.3, 0.4) is 0 Å². The summed E-state index contributed by atoms with van der Waals surface area (Å²) in [5, 5.41) is 12.3. The molecule has 0 radical (unpaired) electrons. The van der Waals surface area contributed by atoms with E-state index in [0.717, 1.165) is 43.9 Å². The van der Waals surface area contributed by atoms with Gasteiger partial charge in [-0.15, -0.1) is 0 Å². The molecule has 1 aromatic rings. The lowest BCUT2D eigenvalue weighted by Gasteiger charge is -2.08. The molecule has 3 heteroatoms. The molecule has 0 atom stereocenters. The molecule has 0 saturated heterocycles. The number of nitrogens with zero attached hydrogens (tertiary/aromatic N) is 1. The number of rotatable bonds is 7. The lowest BCUT2D eigenvalue weighted by molar-refractivity contribution is 0.134. The zero-order chi connectivity index (χ0) is 12.5. The van der Waals surface area contributed by atoms with Gasteiger partial charge in [0.15, 0.2) is 0 Å². The van der Waals surface area contributed by atoms with Crippen LogP contribution in [-0.2, 0) is 4.74 Å². The van der Waals surface area contributed by atoms with Crippen molar-refractivity contribution in [2.24, 2.45) is 0 Å². The highest BCUT2D eigenvalue weighted by molar-refractivity contribution is 5.58. The summed E-state index contributed by atoms with van der Waals surface area (Å²) in [7, 11) is 0. The van der Waals surface area contributed by atoms with Crippen molar-refractivity contribution in [3.05, 3.63) is 29.3 Å². The molecule has 3 nitrogen and oxygen atoms in total. The van der Waals surface area contributed by atoms with Crippen LogP contribution in [-0.4, -0.2) is 19.8 Å². The third-order valence-electron chi connectivity index (χ3n) is 2.42. The smallest absolute Gasteiger partial charge is 0.101 e. The zero-order valence-electron chi connectivity index (χ0n) is 10.6. The molecule has 0 bridgehead atoms. The van der Waals surface area contributed by atoms with Crippen LogP contribution in [0.25, 0.3) is 0 Å². The van der Waals surface area contributed by atoms with Crippen LogP contribution in [0.5, 0.6) is 0 Å². The molecule has 0 aromatic heterocycles. The number of benzene rings is 1. The predicted molar refractivity (Wildman–Crippen MR) is 70.1 cm³/mol. The summed E-state index contributed by atoms with van der Waals surface area (Å²) in [6.45, 7) is 6.52. The molecular weight excluding hydrogens is 212 g/mol. The van der Waals surface area contributed by atoms with E-state index >= 15 is 0 Å². The normalized spacial score (nSPS) is 9.94. The van der Waals surface area contributed by atoms with Crippen molar-refractivity contribution >= 4 is 5.69 Å². The Hall–Kier alpha value is -1.53.